The Labute approximate surface area is 408 Å². The number of aliphatic hydroxyl groups is 2. The van der Waals surface area contributed by atoms with E-state index in [1.54, 1.807) is 42.5 Å². The van der Waals surface area contributed by atoms with Crippen molar-refractivity contribution in [3.8, 4) is 45.8 Å². The lowest BCUT2D eigenvalue weighted by atomic mass is 10.1. The van der Waals surface area contributed by atoms with Gasteiger partial charge in [-0.3, -0.25) is 9.36 Å². The number of benzene rings is 2. The SMILES string of the molecule is CC(O)(CN)C(F)(F)F.CC(O)(CNc1nc(-c2cc(-c3ccon3)n(Cc3ccccc3F)n2)nc(Cl)c1F)C(F)(F)F.Fc1ccccc1Cn1nc(-c2nc(Cl)c(F)c(Cl)n2)cc1-c1ccon1. The number of hydrogen-bond acceptors (Lipinski definition) is 14. The molecule has 0 spiro atoms. The number of nitrogens with one attached hydrogen (secondary N) is 1. The van der Waals surface area contributed by atoms with Gasteiger partial charge in [0.25, 0.3) is 0 Å². The molecule has 0 aliphatic carbocycles. The highest BCUT2D eigenvalue weighted by molar-refractivity contribution is 6.33. The van der Waals surface area contributed by atoms with Crippen molar-refractivity contribution >= 4 is 40.6 Å². The lowest BCUT2D eigenvalue weighted by Crippen LogP contribution is -2.48. The number of anilines is 1. The first-order valence-electron chi connectivity index (χ1n) is 19.9. The lowest BCUT2D eigenvalue weighted by Gasteiger charge is -2.26. The average Bonchev–Trinajstić information content (AvgIpc) is 4.16. The molecule has 8 rings (SSSR count). The van der Waals surface area contributed by atoms with Crippen LogP contribution in [-0.4, -0.2) is 96.7 Å². The van der Waals surface area contributed by atoms with Crippen molar-refractivity contribution in [3.63, 3.8) is 0 Å². The smallest absolute Gasteiger partial charge is 0.380 e. The van der Waals surface area contributed by atoms with E-state index in [1.165, 1.54) is 52.2 Å². The molecule has 376 valence electrons. The van der Waals surface area contributed by atoms with Gasteiger partial charge in [0.15, 0.2) is 49.9 Å². The first-order valence-corrected chi connectivity index (χ1v) is 21.0. The molecule has 0 aliphatic heterocycles. The Bertz CT molecular complexity index is 3060. The Hall–Kier alpha value is -6.71. The zero-order valence-electron chi connectivity index (χ0n) is 36.1. The summed E-state index contributed by atoms with van der Waals surface area (Å²) in [5.74, 6) is -3.84. The molecule has 2 atom stereocenters. The predicted octanol–water partition coefficient (Wildman–Crippen LogP) is 9.59. The van der Waals surface area contributed by atoms with Crippen molar-refractivity contribution in [3.05, 3.63) is 135 Å². The molecule has 0 radical (unpaired) electrons. The van der Waals surface area contributed by atoms with Gasteiger partial charge in [-0.2, -0.15) is 40.9 Å². The number of rotatable bonds is 12. The van der Waals surface area contributed by atoms with Gasteiger partial charge in [0.1, 0.15) is 46.9 Å². The Morgan fingerprint density at radius 3 is 1.37 bits per heavy atom. The van der Waals surface area contributed by atoms with Crippen molar-refractivity contribution in [2.45, 2.75) is 50.5 Å². The maximum absolute atomic E-state index is 14.4. The van der Waals surface area contributed by atoms with E-state index in [1.807, 2.05) is 0 Å². The zero-order valence-corrected chi connectivity index (χ0v) is 38.4. The highest BCUT2D eigenvalue weighted by Gasteiger charge is 2.50. The second-order valence-corrected chi connectivity index (χ2v) is 16.2. The van der Waals surface area contributed by atoms with E-state index < -0.39 is 75.4 Å². The zero-order chi connectivity index (χ0) is 52.1. The third-order valence-electron chi connectivity index (χ3n) is 9.77. The van der Waals surface area contributed by atoms with Gasteiger partial charge in [-0.1, -0.05) is 81.5 Å². The van der Waals surface area contributed by atoms with Crippen LogP contribution in [0.5, 0.6) is 0 Å². The maximum atomic E-state index is 14.4. The minimum absolute atomic E-state index is 0.0245. The summed E-state index contributed by atoms with van der Waals surface area (Å²) >= 11 is 17.3. The molecule has 16 nitrogen and oxygen atoms in total. The van der Waals surface area contributed by atoms with E-state index in [4.69, 9.17) is 49.0 Å². The number of alkyl halides is 6. The normalized spacial score (nSPS) is 13.4. The van der Waals surface area contributed by atoms with Crippen molar-refractivity contribution < 1.29 is 63.2 Å². The van der Waals surface area contributed by atoms with Crippen LogP contribution in [0, 0.1) is 23.3 Å². The molecule has 71 heavy (non-hydrogen) atoms. The Kier molecular flexibility index (Phi) is 16.4. The van der Waals surface area contributed by atoms with Gasteiger partial charge in [-0.05, 0) is 38.1 Å². The van der Waals surface area contributed by atoms with Crippen LogP contribution in [0.3, 0.4) is 0 Å². The summed E-state index contributed by atoms with van der Waals surface area (Å²) in [5, 5.41) is 35.1. The Morgan fingerprint density at radius 1 is 0.592 bits per heavy atom. The topological polar surface area (TPSA) is 218 Å². The second-order valence-electron chi connectivity index (χ2n) is 15.1. The highest BCUT2D eigenvalue weighted by atomic mass is 35.5. The lowest BCUT2D eigenvalue weighted by molar-refractivity contribution is -0.248. The first-order chi connectivity index (χ1) is 33.3. The van der Waals surface area contributed by atoms with Crippen LogP contribution in [0.25, 0.3) is 45.8 Å². The van der Waals surface area contributed by atoms with Crippen LogP contribution in [0.4, 0.5) is 49.7 Å². The standard InChI is InChI=1S/C21H16ClF5N6O2.C17H9Cl2F2N5O.C4H8F3NO/c1-20(34,21(25,26)27)10-28-19-16(24)17(22)29-18(30-19)14-8-15(13-6-7-35-32-13)33(31-14)9-11-4-2-3-5-12(11)23;18-15-14(21)16(19)23-17(22-15)12-7-13(11-5-6-27-25-11)26(24-12)8-9-3-1-2-4-10(9)20;1-3(9,2-8)4(5,6)7/h2-8,34H,9-10H2,1H3,(H,28,29,30);1-7H,8H2;9H,2,8H2,1H3. The number of hydrogen-bond donors (Lipinski definition) is 4. The van der Waals surface area contributed by atoms with Crippen LogP contribution in [0.1, 0.15) is 25.0 Å². The summed E-state index contributed by atoms with van der Waals surface area (Å²) in [6.07, 6.45) is -6.89. The molecule has 0 aliphatic rings. The minimum Gasteiger partial charge on any atom is -0.380 e. The van der Waals surface area contributed by atoms with Crippen molar-refractivity contribution in [1.29, 1.82) is 0 Å². The fourth-order valence-electron chi connectivity index (χ4n) is 5.60. The molecule has 0 fully saturated rings. The average molecular weight is 1070 g/mol. The molecule has 6 aromatic heterocycles. The van der Waals surface area contributed by atoms with Crippen LogP contribution in [-0.2, 0) is 13.1 Å². The monoisotopic (exact) mass is 1060 g/mol. The van der Waals surface area contributed by atoms with Crippen molar-refractivity contribution in [2.24, 2.45) is 5.73 Å². The molecule has 2 unspecified atom stereocenters. The maximum Gasteiger partial charge on any atom is 0.418 e. The largest absolute Gasteiger partial charge is 0.418 e. The van der Waals surface area contributed by atoms with Crippen LogP contribution >= 0.6 is 34.8 Å². The highest BCUT2D eigenvalue weighted by Crippen LogP contribution is 2.33. The van der Waals surface area contributed by atoms with Crippen molar-refractivity contribution in [1.82, 2.24) is 49.8 Å². The number of aromatic nitrogens is 10. The van der Waals surface area contributed by atoms with Crippen LogP contribution < -0.4 is 11.1 Å². The third-order valence-corrected chi connectivity index (χ3v) is 10.5. The van der Waals surface area contributed by atoms with E-state index in [9.17, 15) is 49.0 Å². The van der Waals surface area contributed by atoms with Crippen LogP contribution in [0.2, 0.25) is 15.5 Å². The molecule has 29 heteroatoms. The van der Waals surface area contributed by atoms with E-state index in [2.05, 4.69) is 51.5 Å². The van der Waals surface area contributed by atoms with Gasteiger partial charge in [-0.15, -0.1) is 0 Å². The van der Waals surface area contributed by atoms with Gasteiger partial charge >= 0.3 is 12.4 Å². The minimum atomic E-state index is -4.98. The molecular formula is C42H33Cl3F10N12O4. The Morgan fingerprint density at radius 2 is 1.00 bits per heavy atom. The summed E-state index contributed by atoms with van der Waals surface area (Å²) in [6.45, 7) is -0.660. The molecule has 0 saturated carbocycles. The second kappa shape index (κ2) is 21.7. The van der Waals surface area contributed by atoms with E-state index >= 15 is 0 Å². The summed E-state index contributed by atoms with van der Waals surface area (Å²) in [5.41, 5.74) is 1.48. The molecule has 5 N–H and O–H groups in total. The molecule has 0 amide bonds. The van der Waals surface area contributed by atoms with Gasteiger partial charge in [0.05, 0.1) is 31.0 Å². The fraction of sp³-hybridized carbons (Fsp3) is 0.238. The number of halogens is 13. The first kappa shape index (κ1) is 53.6. The summed E-state index contributed by atoms with van der Waals surface area (Å²) in [7, 11) is 0. The molecule has 6 heterocycles. The number of nitrogens with zero attached hydrogens (tertiary/aromatic N) is 10. The fourth-order valence-corrected chi connectivity index (χ4v) is 6.16. The van der Waals surface area contributed by atoms with Gasteiger partial charge in [0.2, 0.25) is 5.82 Å². The summed E-state index contributed by atoms with van der Waals surface area (Å²) in [6, 6.07) is 18.6. The quantitative estimate of drug-likeness (QED) is 0.0662. The summed E-state index contributed by atoms with van der Waals surface area (Å²) < 4.78 is 142. The molecule has 0 saturated heterocycles. The molecule has 0 bridgehead atoms. The third kappa shape index (κ3) is 12.8. The van der Waals surface area contributed by atoms with E-state index in [0.29, 0.717) is 47.8 Å². The van der Waals surface area contributed by atoms with E-state index in [0.717, 1.165) is 0 Å². The van der Waals surface area contributed by atoms with Crippen LogP contribution in [0.15, 0.2) is 94.4 Å². The molecule has 2 aromatic carbocycles. The van der Waals surface area contributed by atoms with Crippen molar-refractivity contribution in [2.75, 3.05) is 18.4 Å². The number of nitrogens with two attached hydrogens (primary N) is 1. The van der Waals surface area contributed by atoms with Gasteiger partial charge < -0.3 is 30.3 Å². The Balaban J connectivity index is 0.000000203. The predicted molar refractivity (Wildman–Crippen MR) is 234 cm³/mol. The van der Waals surface area contributed by atoms with Gasteiger partial charge in [0, 0.05) is 29.8 Å². The van der Waals surface area contributed by atoms with E-state index in [-0.39, 0.29) is 41.9 Å². The molecule has 8 aromatic rings. The molecular weight excluding hydrogens is 1030 g/mol. The van der Waals surface area contributed by atoms with Gasteiger partial charge in [-0.25, -0.2) is 33.1 Å². The summed E-state index contributed by atoms with van der Waals surface area (Å²) in [4.78, 5) is 15.4.